The molecule has 0 aliphatic carbocycles. The molecule has 1 aromatic carbocycles. The monoisotopic (exact) mass is 300 g/mol. The Bertz CT molecular complexity index is 658. The number of halogens is 3. The van der Waals surface area contributed by atoms with E-state index in [1.54, 1.807) is 0 Å². The molecule has 1 heterocycles. The lowest BCUT2D eigenvalue weighted by molar-refractivity contribution is -0.143. The summed E-state index contributed by atoms with van der Waals surface area (Å²) in [6.07, 6.45) is 2.62. The van der Waals surface area contributed by atoms with Crippen molar-refractivity contribution in [2.24, 2.45) is 5.73 Å². The summed E-state index contributed by atoms with van der Waals surface area (Å²) in [4.78, 5) is 11.7. The van der Waals surface area contributed by atoms with Crippen LogP contribution in [-0.2, 0) is 10.3 Å². The maximum absolute atomic E-state index is 14.3. The van der Waals surface area contributed by atoms with E-state index in [9.17, 15) is 18.7 Å². The second-order valence-corrected chi connectivity index (χ2v) is 4.71. The first-order chi connectivity index (χ1) is 9.32. The molecule has 0 saturated carbocycles. The Balaban J connectivity index is 2.78. The van der Waals surface area contributed by atoms with Gasteiger partial charge in [-0.05, 0) is 31.3 Å². The molecule has 1 aromatic rings. The molecule has 0 spiro atoms. The Morgan fingerprint density at radius 1 is 1.45 bits per heavy atom. The maximum atomic E-state index is 14.3. The molecule has 1 aliphatic rings. The number of nitrogens with one attached hydrogen (secondary N) is 1. The van der Waals surface area contributed by atoms with Gasteiger partial charge in [-0.2, -0.15) is 0 Å². The van der Waals surface area contributed by atoms with Gasteiger partial charge in [-0.3, -0.25) is 0 Å². The Hall–Kier alpha value is -2.08. The third-order valence-electron chi connectivity index (χ3n) is 3.19. The van der Waals surface area contributed by atoms with Crippen LogP contribution in [0.5, 0.6) is 0 Å². The van der Waals surface area contributed by atoms with E-state index in [2.05, 4.69) is 5.32 Å². The molecule has 0 saturated heterocycles. The van der Waals surface area contributed by atoms with Crippen LogP contribution >= 0.6 is 11.6 Å². The van der Waals surface area contributed by atoms with Crippen LogP contribution in [0.25, 0.3) is 0 Å². The smallest absolute Gasteiger partial charge is 0.339 e. The van der Waals surface area contributed by atoms with Gasteiger partial charge in [0.05, 0.1) is 10.7 Å². The number of benzene rings is 1. The minimum atomic E-state index is -2.07. The molecule has 0 amide bonds. The van der Waals surface area contributed by atoms with E-state index in [1.165, 1.54) is 19.2 Å². The maximum Gasteiger partial charge on any atom is 0.339 e. The largest absolute Gasteiger partial charge is 0.479 e. The average Bonchev–Trinajstić information content (AvgIpc) is 2.40. The van der Waals surface area contributed by atoms with Crippen molar-refractivity contribution < 1.29 is 18.7 Å². The fraction of sp³-hybridized carbons (Fsp3) is 0.154. The Labute approximate surface area is 118 Å². The molecular formula is C13H11ClF2N2O2. The van der Waals surface area contributed by atoms with E-state index in [4.69, 9.17) is 17.3 Å². The van der Waals surface area contributed by atoms with Gasteiger partial charge >= 0.3 is 5.97 Å². The normalized spacial score (nSPS) is 21.8. The zero-order valence-electron chi connectivity index (χ0n) is 10.4. The van der Waals surface area contributed by atoms with Gasteiger partial charge in [0.25, 0.3) is 0 Å². The number of allylic oxidation sites excluding steroid dienone is 1. The second-order valence-electron chi connectivity index (χ2n) is 4.34. The summed E-state index contributed by atoms with van der Waals surface area (Å²) in [5, 5.41) is 11.7. The number of rotatable bonds is 2. The van der Waals surface area contributed by atoms with E-state index >= 15 is 0 Å². The van der Waals surface area contributed by atoms with Gasteiger partial charge in [-0.25, -0.2) is 13.6 Å². The number of dihydropyridines is 1. The number of hydrogen-bond donors (Lipinski definition) is 3. The highest BCUT2D eigenvalue weighted by Crippen LogP contribution is 2.38. The molecule has 0 fully saturated rings. The molecule has 0 radical (unpaired) electrons. The van der Waals surface area contributed by atoms with Crippen LogP contribution in [0, 0.1) is 18.6 Å². The van der Waals surface area contributed by atoms with Crippen LogP contribution in [0.15, 0.2) is 35.1 Å². The van der Waals surface area contributed by atoms with Gasteiger partial charge in [0.15, 0.2) is 0 Å². The standard InChI is InChI=1S/C13H11ClF2N2O2/c1-6-8(15)3-2-7(10(6)16)13(12(19)20)11(14)9(17)4-5-18-13/h2-5,18H,17H2,1H3,(H,19,20). The van der Waals surface area contributed by atoms with Crippen molar-refractivity contribution in [1.82, 2.24) is 5.32 Å². The average molecular weight is 301 g/mol. The molecular weight excluding hydrogens is 290 g/mol. The van der Waals surface area contributed by atoms with Crippen LogP contribution < -0.4 is 11.1 Å². The van der Waals surface area contributed by atoms with Gasteiger partial charge in [-0.15, -0.1) is 0 Å². The number of carboxylic acids is 1. The fourth-order valence-electron chi connectivity index (χ4n) is 2.03. The van der Waals surface area contributed by atoms with Crippen molar-refractivity contribution in [3.05, 3.63) is 57.9 Å². The summed E-state index contributed by atoms with van der Waals surface area (Å²) < 4.78 is 27.6. The highest BCUT2D eigenvalue weighted by Gasteiger charge is 2.47. The predicted octanol–water partition coefficient (Wildman–Crippen LogP) is 2.08. The fourth-order valence-corrected chi connectivity index (χ4v) is 2.33. The van der Waals surface area contributed by atoms with E-state index in [0.717, 1.165) is 12.1 Å². The first-order valence-electron chi connectivity index (χ1n) is 5.60. The third-order valence-corrected chi connectivity index (χ3v) is 3.69. The van der Waals surface area contributed by atoms with E-state index in [-0.39, 0.29) is 21.9 Å². The summed E-state index contributed by atoms with van der Waals surface area (Å²) in [7, 11) is 0. The van der Waals surface area contributed by atoms with Gasteiger partial charge in [0.2, 0.25) is 5.54 Å². The quantitative estimate of drug-likeness (QED) is 0.781. The summed E-state index contributed by atoms with van der Waals surface area (Å²) in [6, 6.07) is 2.02. The van der Waals surface area contributed by atoms with Crippen molar-refractivity contribution in [2.75, 3.05) is 0 Å². The highest BCUT2D eigenvalue weighted by molar-refractivity contribution is 6.33. The molecule has 0 bridgehead atoms. The van der Waals surface area contributed by atoms with Crippen LogP contribution in [-0.4, -0.2) is 11.1 Å². The Kier molecular flexibility index (Phi) is 3.43. The minimum Gasteiger partial charge on any atom is -0.479 e. The van der Waals surface area contributed by atoms with E-state index in [0.29, 0.717) is 0 Å². The van der Waals surface area contributed by atoms with Crippen molar-refractivity contribution in [3.63, 3.8) is 0 Å². The second kappa shape index (κ2) is 4.79. The molecule has 4 N–H and O–H groups in total. The molecule has 0 aromatic heterocycles. The summed E-state index contributed by atoms with van der Waals surface area (Å²) in [5.41, 5.74) is 2.94. The predicted molar refractivity (Wildman–Crippen MR) is 69.8 cm³/mol. The zero-order valence-corrected chi connectivity index (χ0v) is 11.1. The van der Waals surface area contributed by atoms with Crippen LogP contribution in [0.2, 0.25) is 0 Å². The molecule has 7 heteroatoms. The summed E-state index contributed by atoms with van der Waals surface area (Å²) in [5.74, 6) is -3.20. The zero-order chi connectivity index (χ0) is 15.1. The van der Waals surface area contributed by atoms with Gasteiger partial charge < -0.3 is 16.2 Å². The molecule has 1 unspecified atom stereocenters. The van der Waals surface area contributed by atoms with Crippen LogP contribution in [0.3, 0.4) is 0 Å². The Morgan fingerprint density at radius 2 is 2.10 bits per heavy atom. The molecule has 106 valence electrons. The van der Waals surface area contributed by atoms with Gasteiger partial charge in [0.1, 0.15) is 11.6 Å². The third kappa shape index (κ3) is 1.84. The van der Waals surface area contributed by atoms with Crippen molar-refractivity contribution in [1.29, 1.82) is 0 Å². The van der Waals surface area contributed by atoms with Crippen LogP contribution in [0.1, 0.15) is 11.1 Å². The number of nitrogens with two attached hydrogens (primary N) is 1. The van der Waals surface area contributed by atoms with Crippen LogP contribution in [0.4, 0.5) is 8.78 Å². The summed E-state index contributed by atoms with van der Waals surface area (Å²) in [6.45, 7) is 1.21. The molecule has 4 nitrogen and oxygen atoms in total. The molecule has 2 rings (SSSR count). The lowest BCUT2D eigenvalue weighted by Gasteiger charge is -2.33. The van der Waals surface area contributed by atoms with E-state index < -0.39 is 23.1 Å². The summed E-state index contributed by atoms with van der Waals surface area (Å²) >= 11 is 5.98. The number of carbonyl (C=O) groups is 1. The van der Waals surface area contributed by atoms with E-state index in [1.807, 2.05) is 0 Å². The Morgan fingerprint density at radius 3 is 2.70 bits per heavy atom. The van der Waals surface area contributed by atoms with Crippen molar-refractivity contribution >= 4 is 17.6 Å². The molecule has 1 atom stereocenters. The molecule has 20 heavy (non-hydrogen) atoms. The topological polar surface area (TPSA) is 75.3 Å². The lowest BCUT2D eigenvalue weighted by atomic mass is 9.85. The first kappa shape index (κ1) is 14.3. The van der Waals surface area contributed by atoms with Gasteiger partial charge in [0, 0.05) is 11.1 Å². The number of carboxylic acid groups (broad SMARTS) is 1. The minimum absolute atomic E-state index is 0.00538. The van der Waals surface area contributed by atoms with Crippen molar-refractivity contribution in [2.45, 2.75) is 12.5 Å². The number of hydrogen-bond acceptors (Lipinski definition) is 3. The van der Waals surface area contributed by atoms with Crippen molar-refractivity contribution in [3.8, 4) is 0 Å². The number of aliphatic carboxylic acids is 1. The SMILES string of the molecule is Cc1c(F)ccc(C2(C(=O)O)NC=CC(N)=C2Cl)c1F. The molecule has 1 aliphatic heterocycles. The highest BCUT2D eigenvalue weighted by atomic mass is 35.5. The first-order valence-corrected chi connectivity index (χ1v) is 5.98. The van der Waals surface area contributed by atoms with Gasteiger partial charge in [-0.1, -0.05) is 11.6 Å². The lowest BCUT2D eigenvalue weighted by Crippen LogP contribution is -2.50.